The van der Waals surface area contributed by atoms with Crippen LogP contribution in [0.25, 0.3) is 0 Å². The van der Waals surface area contributed by atoms with Crippen LogP contribution in [0.4, 0.5) is 0 Å². The summed E-state index contributed by atoms with van der Waals surface area (Å²) in [4.78, 5) is 15.3. The molecule has 2 heterocycles. The Bertz CT molecular complexity index is 817. The third kappa shape index (κ3) is 4.10. The summed E-state index contributed by atoms with van der Waals surface area (Å²) in [5.41, 5.74) is 0.684. The molecule has 6 rings (SSSR count). The molecular weight excluding hydrogens is 444 g/mol. The first-order valence-electron chi connectivity index (χ1n) is 16.0. The molecule has 4 nitrogen and oxygen atoms in total. The average Bonchev–Trinajstić information content (AvgIpc) is 3.17. The molecule has 0 spiro atoms. The Hall–Kier alpha value is -0.610. The predicted octanol–water partition coefficient (Wildman–Crippen LogP) is 6.42. The van der Waals surface area contributed by atoms with Crippen molar-refractivity contribution in [1.82, 2.24) is 4.90 Å². The van der Waals surface area contributed by atoms with E-state index in [1.165, 1.54) is 116 Å². The highest BCUT2D eigenvalue weighted by atomic mass is 16.5. The highest BCUT2D eigenvalue weighted by molar-refractivity contribution is 5.66. The molecular formula is C32H55N2O2+. The van der Waals surface area contributed by atoms with Crippen LogP contribution in [0.5, 0.6) is 0 Å². The number of piperidine rings is 2. The number of nitrogens with zero attached hydrogens (tertiary/aromatic N) is 2. The molecule has 0 aromatic carbocycles. The molecule has 2 aliphatic heterocycles. The van der Waals surface area contributed by atoms with Crippen molar-refractivity contribution in [2.75, 3.05) is 33.2 Å². The molecule has 0 radical (unpaired) electrons. The van der Waals surface area contributed by atoms with Gasteiger partial charge in [-0.1, -0.05) is 20.3 Å². The molecule has 6 fully saturated rings. The SMILES string of the molecule is CC(=O)O[C@H]1[C@@H]([N+]2(C)CCCCC2)CC2C3CCC4CC[C@@H](N5CCCCC5)C[C@]4(C)C3CC[C@@]21C. The second kappa shape index (κ2) is 9.54. The molecule has 0 bridgehead atoms. The van der Waals surface area contributed by atoms with Gasteiger partial charge >= 0.3 is 5.97 Å². The fourth-order valence-electron chi connectivity index (χ4n) is 11.4. The molecule has 0 amide bonds. The van der Waals surface area contributed by atoms with Crippen LogP contribution in [0.15, 0.2) is 0 Å². The highest BCUT2D eigenvalue weighted by Gasteiger charge is 2.66. The van der Waals surface area contributed by atoms with E-state index in [9.17, 15) is 4.79 Å². The van der Waals surface area contributed by atoms with Crippen LogP contribution in [-0.2, 0) is 9.53 Å². The van der Waals surface area contributed by atoms with Crippen molar-refractivity contribution < 1.29 is 14.0 Å². The number of quaternary nitrogens is 1. The van der Waals surface area contributed by atoms with Crippen LogP contribution in [0.2, 0.25) is 0 Å². The lowest BCUT2D eigenvalue weighted by molar-refractivity contribution is -0.940. The van der Waals surface area contributed by atoms with Gasteiger partial charge in [-0.05, 0) is 119 Å². The molecule has 2 saturated heterocycles. The summed E-state index contributed by atoms with van der Waals surface area (Å²) in [6.07, 6.45) is 19.6. The van der Waals surface area contributed by atoms with Crippen molar-refractivity contribution in [3.8, 4) is 0 Å². The van der Waals surface area contributed by atoms with Crippen LogP contribution in [0, 0.1) is 34.5 Å². The monoisotopic (exact) mass is 499 g/mol. The van der Waals surface area contributed by atoms with Gasteiger partial charge in [-0.15, -0.1) is 0 Å². The van der Waals surface area contributed by atoms with Crippen molar-refractivity contribution in [3.63, 3.8) is 0 Å². The van der Waals surface area contributed by atoms with Crippen LogP contribution in [0.3, 0.4) is 0 Å². The second-order valence-electron chi connectivity index (χ2n) is 15.1. The topological polar surface area (TPSA) is 29.5 Å². The average molecular weight is 500 g/mol. The standard InChI is InChI=1S/C32H55N2O2/c1-23(35)36-30-29(34(4)19-9-6-10-20-34)21-28-26-14-12-24-11-13-25(33-17-7-5-8-18-33)22-32(24,3)27(26)15-16-31(28,30)2/h24-30H,5-22H2,1-4H3/q+1/t24?,25-,26?,27?,28?,29+,30+,31+,32+/m1/s1. The molecule has 4 heteroatoms. The number of fused-ring (bicyclic) bond motifs is 5. The van der Waals surface area contributed by atoms with Crippen LogP contribution >= 0.6 is 0 Å². The summed E-state index contributed by atoms with van der Waals surface area (Å²) in [5, 5.41) is 0. The summed E-state index contributed by atoms with van der Waals surface area (Å²) in [6.45, 7) is 12.2. The maximum atomic E-state index is 12.4. The van der Waals surface area contributed by atoms with E-state index in [0.29, 0.717) is 11.5 Å². The Kier molecular flexibility index (Phi) is 6.80. The first-order valence-corrected chi connectivity index (χ1v) is 16.0. The Labute approximate surface area is 221 Å². The number of carbonyl (C=O) groups is 1. The van der Waals surface area contributed by atoms with Crippen LogP contribution in [-0.4, -0.2) is 66.8 Å². The number of likely N-dealkylation sites (N-methyl/N-ethyl adjacent to an activating group) is 1. The smallest absolute Gasteiger partial charge is 0.303 e. The number of ether oxygens (including phenoxy) is 1. The second-order valence-corrected chi connectivity index (χ2v) is 15.1. The molecule has 0 aromatic rings. The molecule has 4 aliphatic carbocycles. The Morgan fingerprint density at radius 2 is 1.56 bits per heavy atom. The largest absolute Gasteiger partial charge is 0.456 e. The third-order valence-electron chi connectivity index (χ3n) is 13.4. The fourth-order valence-corrected chi connectivity index (χ4v) is 11.4. The fraction of sp³-hybridized carbons (Fsp3) is 0.969. The van der Waals surface area contributed by atoms with E-state index >= 15 is 0 Å². The molecule has 9 atom stereocenters. The minimum atomic E-state index is -0.0510. The van der Waals surface area contributed by atoms with Gasteiger partial charge in [-0.2, -0.15) is 0 Å². The normalized spacial score (nSPS) is 48.9. The number of hydrogen-bond donors (Lipinski definition) is 0. The van der Waals surface area contributed by atoms with E-state index in [0.717, 1.165) is 34.2 Å². The minimum absolute atomic E-state index is 0.0510. The van der Waals surface area contributed by atoms with Gasteiger partial charge in [0.25, 0.3) is 0 Å². The van der Waals surface area contributed by atoms with Gasteiger partial charge in [-0.25, -0.2) is 0 Å². The van der Waals surface area contributed by atoms with Crippen molar-refractivity contribution in [3.05, 3.63) is 0 Å². The lowest BCUT2D eigenvalue weighted by Crippen LogP contribution is -2.60. The Morgan fingerprint density at radius 3 is 2.28 bits per heavy atom. The molecule has 36 heavy (non-hydrogen) atoms. The van der Waals surface area contributed by atoms with E-state index in [1.807, 2.05) is 0 Å². The van der Waals surface area contributed by atoms with E-state index in [1.54, 1.807) is 6.92 Å². The number of hydrogen-bond acceptors (Lipinski definition) is 3. The maximum absolute atomic E-state index is 12.4. The number of carbonyl (C=O) groups excluding carboxylic acids is 1. The molecule has 204 valence electrons. The van der Waals surface area contributed by atoms with E-state index in [4.69, 9.17) is 4.74 Å². The summed E-state index contributed by atoms with van der Waals surface area (Å²) in [6, 6.07) is 1.34. The summed E-state index contributed by atoms with van der Waals surface area (Å²) in [5.74, 6) is 3.34. The van der Waals surface area contributed by atoms with Gasteiger partial charge in [0.2, 0.25) is 0 Å². The zero-order valence-electron chi connectivity index (χ0n) is 24.0. The van der Waals surface area contributed by atoms with Crippen molar-refractivity contribution in [2.45, 2.75) is 129 Å². The molecule has 6 aliphatic rings. The van der Waals surface area contributed by atoms with Gasteiger partial charge in [0.1, 0.15) is 6.04 Å². The van der Waals surface area contributed by atoms with Gasteiger partial charge in [0.05, 0.1) is 20.1 Å². The van der Waals surface area contributed by atoms with Gasteiger partial charge in [0.15, 0.2) is 6.10 Å². The molecule has 0 N–H and O–H groups in total. The Morgan fingerprint density at radius 1 is 0.861 bits per heavy atom. The van der Waals surface area contributed by atoms with E-state index in [2.05, 4.69) is 25.8 Å². The summed E-state index contributed by atoms with van der Waals surface area (Å²) in [7, 11) is 2.50. The van der Waals surface area contributed by atoms with Crippen molar-refractivity contribution in [1.29, 1.82) is 0 Å². The predicted molar refractivity (Wildman–Crippen MR) is 145 cm³/mol. The highest BCUT2D eigenvalue weighted by Crippen LogP contribution is 2.67. The lowest BCUT2D eigenvalue weighted by Gasteiger charge is -2.61. The molecule has 4 saturated carbocycles. The van der Waals surface area contributed by atoms with Gasteiger partial charge in [0, 0.05) is 24.8 Å². The summed E-state index contributed by atoms with van der Waals surface area (Å²) >= 11 is 0. The quantitative estimate of drug-likeness (QED) is 0.331. The first kappa shape index (κ1) is 25.7. The van der Waals surface area contributed by atoms with Crippen molar-refractivity contribution >= 4 is 5.97 Å². The van der Waals surface area contributed by atoms with Gasteiger partial charge in [-0.3, -0.25) is 4.79 Å². The van der Waals surface area contributed by atoms with Gasteiger partial charge < -0.3 is 14.1 Å². The van der Waals surface area contributed by atoms with Crippen molar-refractivity contribution in [2.24, 2.45) is 34.5 Å². The maximum Gasteiger partial charge on any atom is 0.303 e. The first-order chi connectivity index (χ1) is 17.2. The number of likely N-dealkylation sites (tertiary alicyclic amines) is 2. The van der Waals surface area contributed by atoms with E-state index in [-0.39, 0.29) is 17.5 Å². The van der Waals surface area contributed by atoms with Crippen LogP contribution in [0.1, 0.15) is 111 Å². The zero-order chi connectivity index (χ0) is 25.1. The van der Waals surface area contributed by atoms with E-state index < -0.39 is 0 Å². The molecule has 0 aromatic heterocycles. The van der Waals surface area contributed by atoms with Crippen LogP contribution < -0.4 is 0 Å². The summed E-state index contributed by atoms with van der Waals surface area (Å²) < 4.78 is 7.51. The third-order valence-corrected chi connectivity index (χ3v) is 13.4. The lowest BCUT2D eigenvalue weighted by atomic mass is 9.45. The minimum Gasteiger partial charge on any atom is -0.456 e. The number of rotatable bonds is 3. The zero-order valence-corrected chi connectivity index (χ0v) is 24.0. The molecule has 4 unspecified atom stereocenters. The Balaban J connectivity index is 1.27. The number of esters is 1.